The van der Waals surface area contributed by atoms with Crippen molar-refractivity contribution in [2.45, 2.75) is 51.2 Å². The molecule has 0 amide bonds. The van der Waals surface area contributed by atoms with Gasteiger partial charge in [-0.2, -0.15) is 0 Å². The van der Waals surface area contributed by atoms with Crippen molar-refractivity contribution in [2.75, 3.05) is 12.4 Å². The maximum atomic E-state index is 11.9. The predicted octanol–water partition coefficient (Wildman–Crippen LogP) is 3.40. The number of unbranched alkanes of at least 4 members (excludes halogenated alkanes) is 2. The summed E-state index contributed by atoms with van der Waals surface area (Å²) in [6.07, 6.45) is 2.67. The van der Waals surface area contributed by atoms with Gasteiger partial charge >= 0.3 is 0 Å². The van der Waals surface area contributed by atoms with Gasteiger partial charge in [0.2, 0.25) is 0 Å². The highest BCUT2D eigenvalue weighted by molar-refractivity contribution is 7.99. The van der Waals surface area contributed by atoms with E-state index >= 15 is 0 Å². The van der Waals surface area contributed by atoms with Crippen molar-refractivity contribution in [3.8, 4) is 0 Å². The Labute approximate surface area is 101 Å². The second-order valence-corrected chi connectivity index (χ2v) is 5.15. The topological polar surface area (TPSA) is 30.7 Å². The van der Waals surface area contributed by atoms with Gasteiger partial charge < -0.3 is 4.57 Å². The lowest BCUT2D eigenvalue weighted by Gasteiger charge is -2.11. The summed E-state index contributed by atoms with van der Waals surface area (Å²) in [6.45, 7) is 6.03. The summed E-state index contributed by atoms with van der Waals surface area (Å²) in [6, 6.07) is 0.392. The van der Waals surface area contributed by atoms with Gasteiger partial charge in [-0.15, -0.1) is 10.2 Å². The fourth-order valence-corrected chi connectivity index (χ4v) is 2.69. The molecule has 16 heavy (non-hydrogen) atoms. The van der Waals surface area contributed by atoms with E-state index < -0.39 is 0 Å². The van der Waals surface area contributed by atoms with E-state index in [0.717, 1.165) is 29.6 Å². The van der Waals surface area contributed by atoms with Crippen LogP contribution in [0.25, 0.3) is 0 Å². The van der Waals surface area contributed by atoms with Crippen LogP contribution in [0.4, 0.5) is 4.39 Å². The van der Waals surface area contributed by atoms with Gasteiger partial charge in [0.25, 0.3) is 0 Å². The Kier molecular flexibility index (Phi) is 5.80. The van der Waals surface area contributed by atoms with Crippen molar-refractivity contribution >= 4 is 11.8 Å². The molecule has 0 aromatic carbocycles. The van der Waals surface area contributed by atoms with Gasteiger partial charge in [-0.1, -0.05) is 18.2 Å². The van der Waals surface area contributed by atoms with Crippen LogP contribution in [0.5, 0.6) is 0 Å². The number of hydrogen-bond donors (Lipinski definition) is 0. The lowest BCUT2D eigenvalue weighted by Crippen LogP contribution is -2.05. The Bertz CT molecular complexity index is 312. The van der Waals surface area contributed by atoms with Crippen molar-refractivity contribution < 1.29 is 4.39 Å². The summed E-state index contributed by atoms with van der Waals surface area (Å²) in [5.74, 6) is 1.95. The molecule has 92 valence electrons. The van der Waals surface area contributed by atoms with E-state index in [0.29, 0.717) is 12.5 Å². The van der Waals surface area contributed by atoms with Crippen LogP contribution in [0.15, 0.2) is 5.16 Å². The van der Waals surface area contributed by atoms with Crippen molar-refractivity contribution in [2.24, 2.45) is 0 Å². The fraction of sp³-hybridized carbons (Fsp3) is 0.818. The fourth-order valence-electron chi connectivity index (χ4n) is 1.58. The average Bonchev–Trinajstić information content (AvgIpc) is 2.59. The Balaban J connectivity index is 2.41. The average molecular weight is 245 g/mol. The molecule has 0 saturated carbocycles. The first-order valence-corrected chi connectivity index (χ1v) is 6.75. The second kappa shape index (κ2) is 6.89. The molecular weight excluding hydrogens is 225 g/mol. The summed E-state index contributed by atoms with van der Waals surface area (Å²) in [5.41, 5.74) is 0. The van der Waals surface area contributed by atoms with Gasteiger partial charge in [0.15, 0.2) is 5.16 Å². The second-order valence-electron chi connectivity index (χ2n) is 4.09. The van der Waals surface area contributed by atoms with Crippen molar-refractivity contribution in [1.29, 1.82) is 0 Å². The first-order valence-electron chi connectivity index (χ1n) is 5.77. The Morgan fingerprint density at radius 3 is 2.62 bits per heavy atom. The lowest BCUT2D eigenvalue weighted by atomic mass is 10.3. The Morgan fingerprint density at radius 1 is 1.25 bits per heavy atom. The quantitative estimate of drug-likeness (QED) is 0.545. The lowest BCUT2D eigenvalue weighted by molar-refractivity contribution is 0.460. The molecule has 1 heterocycles. The van der Waals surface area contributed by atoms with E-state index in [4.69, 9.17) is 0 Å². The standard InChI is InChI=1S/C11H20FN3S/c1-9(2)15-10(3)13-14-11(15)16-8-6-4-5-7-12/h9H,4-8H2,1-3H3. The minimum absolute atomic E-state index is 0.202. The van der Waals surface area contributed by atoms with E-state index in [1.807, 2.05) is 6.92 Å². The Hall–Kier alpha value is -0.580. The number of aryl methyl sites for hydroxylation is 1. The highest BCUT2D eigenvalue weighted by atomic mass is 32.2. The van der Waals surface area contributed by atoms with Crippen LogP contribution >= 0.6 is 11.8 Å². The SMILES string of the molecule is Cc1nnc(SCCCCCF)n1C(C)C. The minimum Gasteiger partial charge on any atom is -0.304 e. The van der Waals surface area contributed by atoms with E-state index in [2.05, 4.69) is 28.6 Å². The first kappa shape index (κ1) is 13.5. The summed E-state index contributed by atoms with van der Waals surface area (Å²) >= 11 is 1.71. The monoisotopic (exact) mass is 245 g/mol. The summed E-state index contributed by atoms with van der Waals surface area (Å²) in [4.78, 5) is 0. The number of alkyl halides is 1. The number of hydrogen-bond acceptors (Lipinski definition) is 3. The zero-order valence-electron chi connectivity index (χ0n) is 10.2. The molecular formula is C11H20FN3S. The first-order chi connectivity index (χ1) is 7.66. The van der Waals surface area contributed by atoms with Crippen LogP contribution in [0, 0.1) is 6.92 Å². The third-order valence-corrected chi connectivity index (χ3v) is 3.39. The molecule has 1 aromatic rings. The zero-order valence-corrected chi connectivity index (χ0v) is 11.1. The van der Waals surface area contributed by atoms with Gasteiger partial charge in [-0.3, -0.25) is 4.39 Å². The molecule has 0 radical (unpaired) electrons. The van der Waals surface area contributed by atoms with Crippen LogP contribution in [-0.2, 0) is 0 Å². The maximum absolute atomic E-state index is 11.9. The van der Waals surface area contributed by atoms with Crippen LogP contribution < -0.4 is 0 Å². The molecule has 0 spiro atoms. The van der Waals surface area contributed by atoms with E-state index in [1.54, 1.807) is 11.8 Å². The number of thioether (sulfide) groups is 1. The molecule has 0 bridgehead atoms. The highest BCUT2D eigenvalue weighted by Crippen LogP contribution is 2.22. The summed E-state index contributed by atoms with van der Waals surface area (Å²) in [7, 11) is 0. The minimum atomic E-state index is -0.202. The van der Waals surface area contributed by atoms with Crippen LogP contribution in [0.2, 0.25) is 0 Å². The normalized spacial score (nSPS) is 11.3. The van der Waals surface area contributed by atoms with E-state index in [9.17, 15) is 4.39 Å². The number of halogens is 1. The molecule has 0 aliphatic heterocycles. The van der Waals surface area contributed by atoms with Crippen molar-refractivity contribution in [1.82, 2.24) is 14.8 Å². The highest BCUT2D eigenvalue weighted by Gasteiger charge is 2.11. The Morgan fingerprint density at radius 2 is 2.00 bits per heavy atom. The van der Waals surface area contributed by atoms with Crippen molar-refractivity contribution in [3.63, 3.8) is 0 Å². The van der Waals surface area contributed by atoms with Gasteiger partial charge in [-0.05, 0) is 33.6 Å². The number of nitrogens with zero attached hydrogens (tertiary/aromatic N) is 3. The molecule has 0 fully saturated rings. The van der Waals surface area contributed by atoms with Crippen molar-refractivity contribution in [3.05, 3.63) is 5.82 Å². The number of aromatic nitrogens is 3. The van der Waals surface area contributed by atoms with Gasteiger partial charge in [0, 0.05) is 11.8 Å². The molecule has 1 rings (SSSR count). The molecule has 0 atom stereocenters. The van der Waals surface area contributed by atoms with Crippen LogP contribution in [0.1, 0.15) is 45.0 Å². The molecule has 0 N–H and O–H groups in total. The van der Waals surface area contributed by atoms with Crippen LogP contribution in [0.3, 0.4) is 0 Å². The summed E-state index contributed by atoms with van der Waals surface area (Å²) in [5, 5.41) is 9.22. The molecule has 1 aromatic heterocycles. The molecule has 0 unspecified atom stereocenters. The molecule has 0 aliphatic carbocycles. The van der Waals surface area contributed by atoms with E-state index in [-0.39, 0.29) is 6.67 Å². The molecule has 3 nitrogen and oxygen atoms in total. The van der Waals surface area contributed by atoms with Crippen LogP contribution in [-0.4, -0.2) is 27.2 Å². The largest absolute Gasteiger partial charge is 0.304 e. The zero-order chi connectivity index (χ0) is 12.0. The predicted molar refractivity (Wildman–Crippen MR) is 65.7 cm³/mol. The number of rotatable bonds is 7. The smallest absolute Gasteiger partial charge is 0.191 e. The maximum Gasteiger partial charge on any atom is 0.191 e. The van der Waals surface area contributed by atoms with Gasteiger partial charge in [-0.25, -0.2) is 0 Å². The third kappa shape index (κ3) is 3.77. The van der Waals surface area contributed by atoms with Gasteiger partial charge in [0.1, 0.15) is 5.82 Å². The molecule has 5 heteroatoms. The van der Waals surface area contributed by atoms with E-state index in [1.165, 1.54) is 0 Å². The third-order valence-electron chi connectivity index (χ3n) is 2.36. The van der Waals surface area contributed by atoms with Gasteiger partial charge in [0.05, 0.1) is 6.67 Å². The molecule has 0 aliphatic rings. The summed E-state index contributed by atoms with van der Waals surface area (Å²) < 4.78 is 14.0. The molecule has 0 saturated heterocycles.